The number of carbonyl (C=O) groups excluding carboxylic acids is 1. The van der Waals surface area contributed by atoms with Crippen LogP contribution in [-0.2, 0) is 4.79 Å². The summed E-state index contributed by atoms with van der Waals surface area (Å²) in [6, 6.07) is 8.34. The Morgan fingerprint density at radius 3 is 2.90 bits per heavy atom. The first kappa shape index (κ1) is 13.6. The van der Waals surface area contributed by atoms with E-state index in [0.29, 0.717) is 23.3 Å². The molecule has 1 aliphatic heterocycles. The SMILES string of the molecule is C=C1NC2=C(C(=O)CCC2)C(c2cccc(F)c2)C1C#N. The van der Waals surface area contributed by atoms with Crippen LogP contribution in [-0.4, -0.2) is 5.78 Å². The number of benzene rings is 1. The highest BCUT2D eigenvalue weighted by atomic mass is 19.1. The standard InChI is InChI=1S/C17H15FN2O/c1-10-13(9-19)16(11-4-2-5-12(18)8-11)17-14(20-10)6-3-7-15(17)21/h2,4-5,8,13,16,20H,1,3,6-7H2. The molecule has 106 valence electrons. The summed E-state index contributed by atoms with van der Waals surface area (Å²) >= 11 is 0. The quantitative estimate of drug-likeness (QED) is 0.860. The average Bonchev–Trinajstić information content (AvgIpc) is 2.46. The highest BCUT2D eigenvalue weighted by Gasteiger charge is 2.39. The molecule has 1 aliphatic carbocycles. The minimum absolute atomic E-state index is 0.0470. The monoisotopic (exact) mass is 282 g/mol. The zero-order chi connectivity index (χ0) is 15.0. The number of nitrogens with zero attached hydrogens (tertiary/aromatic N) is 1. The third-order valence-electron chi connectivity index (χ3n) is 4.13. The van der Waals surface area contributed by atoms with E-state index in [1.807, 2.05) is 0 Å². The lowest BCUT2D eigenvalue weighted by Crippen LogP contribution is -2.36. The van der Waals surface area contributed by atoms with Gasteiger partial charge in [0.25, 0.3) is 0 Å². The summed E-state index contributed by atoms with van der Waals surface area (Å²) in [5.41, 5.74) is 2.72. The Bertz CT molecular complexity index is 699. The van der Waals surface area contributed by atoms with Gasteiger partial charge in [0.15, 0.2) is 5.78 Å². The molecule has 21 heavy (non-hydrogen) atoms. The molecule has 0 radical (unpaired) electrons. The van der Waals surface area contributed by atoms with E-state index >= 15 is 0 Å². The van der Waals surface area contributed by atoms with Crippen LogP contribution in [0.3, 0.4) is 0 Å². The molecular weight excluding hydrogens is 267 g/mol. The molecule has 2 aliphatic rings. The Labute approximate surface area is 122 Å². The van der Waals surface area contributed by atoms with Crippen LogP contribution in [0.25, 0.3) is 0 Å². The van der Waals surface area contributed by atoms with Crippen molar-refractivity contribution in [2.24, 2.45) is 5.92 Å². The van der Waals surface area contributed by atoms with Crippen molar-refractivity contribution in [1.29, 1.82) is 5.26 Å². The highest BCUT2D eigenvalue weighted by molar-refractivity contribution is 5.99. The molecule has 0 amide bonds. The number of ketones is 1. The number of nitrogens with one attached hydrogen (secondary N) is 1. The molecule has 1 aromatic rings. The van der Waals surface area contributed by atoms with Gasteiger partial charge >= 0.3 is 0 Å². The molecular formula is C17H15FN2O. The van der Waals surface area contributed by atoms with E-state index in [1.165, 1.54) is 12.1 Å². The van der Waals surface area contributed by atoms with Crippen molar-refractivity contribution in [3.8, 4) is 6.07 Å². The van der Waals surface area contributed by atoms with Crippen LogP contribution in [0.1, 0.15) is 30.7 Å². The number of halogens is 1. The summed E-state index contributed by atoms with van der Waals surface area (Å²) in [6.07, 6.45) is 2.05. The van der Waals surface area contributed by atoms with Crippen LogP contribution < -0.4 is 5.32 Å². The van der Waals surface area contributed by atoms with Gasteiger partial charge in [0.1, 0.15) is 5.82 Å². The van der Waals surface area contributed by atoms with Crippen molar-refractivity contribution < 1.29 is 9.18 Å². The van der Waals surface area contributed by atoms with Gasteiger partial charge in [-0.15, -0.1) is 0 Å². The van der Waals surface area contributed by atoms with Crippen LogP contribution in [0.2, 0.25) is 0 Å². The molecule has 1 heterocycles. The van der Waals surface area contributed by atoms with Gasteiger partial charge in [0.05, 0.1) is 12.0 Å². The maximum absolute atomic E-state index is 13.5. The first-order chi connectivity index (χ1) is 10.1. The predicted octanol–water partition coefficient (Wildman–Crippen LogP) is 3.17. The van der Waals surface area contributed by atoms with Crippen LogP contribution in [0, 0.1) is 23.1 Å². The highest BCUT2D eigenvalue weighted by Crippen LogP contribution is 2.43. The van der Waals surface area contributed by atoms with Crippen molar-refractivity contribution in [1.82, 2.24) is 5.32 Å². The fraction of sp³-hybridized carbons (Fsp3) is 0.294. The molecule has 0 spiro atoms. The van der Waals surface area contributed by atoms with Crippen molar-refractivity contribution in [2.45, 2.75) is 25.2 Å². The maximum Gasteiger partial charge on any atom is 0.161 e. The van der Waals surface area contributed by atoms with Crippen molar-refractivity contribution in [3.05, 3.63) is 59.2 Å². The van der Waals surface area contributed by atoms with Gasteiger partial charge in [-0.1, -0.05) is 18.7 Å². The fourth-order valence-electron chi connectivity index (χ4n) is 3.21. The van der Waals surface area contributed by atoms with Crippen molar-refractivity contribution in [3.63, 3.8) is 0 Å². The van der Waals surface area contributed by atoms with Gasteiger partial charge in [-0.3, -0.25) is 4.79 Å². The Morgan fingerprint density at radius 1 is 1.38 bits per heavy atom. The van der Waals surface area contributed by atoms with E-state index in [9.17, 15) is 14.4 Å². The fourth-order valence-corrected chi connectivity index (χ4v) is 3.21. The summed E-state index contributed by atoms with van der Waals surface area (Å²) in [4.78, 5) is 12.3. The molecule has 2 atom stereocenters. The molecule has 0 saturated carbocycles. The molecule has 3 rings (SSSR count). The van der Waals surface area contributed by atoms with Gasteiger partial charge in [-0.05, 0) is 30.5 Å². The van der Waals surface area contributed by atoms with Crippen molar-refractivity contribution in [2.75, 3.05) is 0 Å². The van der Waals surface area contributed by atoms with E-state index in [1.54, 1.807) is 12.1 Å². The first-order valence-electron chi connectivity index (χ1n) is 6.99. The second kappa shape index (κ2) is 5.17. The molecule has 0 aromatic heterocycles. The van der Waals surface area contributed by atoms with E-state index in [-0.39, 0.29) is 11.6 Å². The normalized spacial score (nSPS) is 25.1. The molecule has 3 nitrogen and oxygen atoms in total. The van der Waals surface area contributed by atoms with Gasteiger partial charge < -0.3 is 5.32 Å². The molecule has 0 bridgehead atoms. The lowest BCUT2D eigenvalue weighted by atomic mass is 9.72. The summed E-state index contributed by atoms with van der Waals surface area (Å²) in [5.74, 6) is -1.31. The average molecular weight is 282 g/mol. The molecule has 1 N–H and O–H groups in total. The molecule has 4 heteroatoms. The second-order valence-electron chi connectivity index (χ2n) is 5.46. The molecule has 1 aromatic carbocycles. The lowest BCUT2D eigenvalue weighted by Gasteiger charge is -2.36. The molecule has 0 saturated heterocycles. The molecule has 0 fully saturated rings. The van der Waals surface area contributed by atoms with E-state index < -0.39 is 11.8 Å². The van der Waals surface area contributed by atoms with E-state index in [4.69, 9.17) is 0 Å². The third kappa shape index (κ3) is 2.25. The zero-order valence-electron chi connectivity index (χ0n) is 11.5. The maximum atomic E-state index is 13.5. The summed E-state index contributed by atoms with van der Waals surface area (Å²) < 4.78 is 13.5. The van der Waals surface area contributed by atoms with Gasteiger partial charge in [0.2, 0.25) is 0 Å². The van der Waals surface area contributed by atoms with E-state index in [2.05, 4.69) is 18.0 Å². The van der Waals surface area contributed by atoms with Crippen LogP contribution in [0.4, 0.5) is 4.39 Å². The summed E-state index contributed by atoms with van der Waals surface area (Å²) in [5, 5.41) is 12.6. The Balaban J connectivity index is 2.18. The van der Waals surface area contributed by atoms with Gasteiger partial charge in [0, 0.05) is 29.3 Å². The Hall–Kier alpha value is -2.41. The van der Waals surface area contributed by atoms with Gasteiger partial charge in [-0.2, -0.15) is 5.26 Å². The number of nitriles is 1. The van der Waals surface area contributed by atoms with Crippen LogP contribution >= 0.6 is 0 Å². The largest absolute Gasteiger partial charge is 0.361 e. The third-order valence-corrected chi connectivity index (χ3v) is 4.13. The van der Waals surface area contributed by atoms with Crippen LogP contribution in [0.15, 0.2) is 47.8 Å². The topological polar surface area (TPSA) is 52.9 Å². The minimum atomic E-state index is -0.562. The van der Waals surface area contributed by atoms with Crippen LogP contribution in [0.5, 0.6) is 0 Å². The number of hydrogen-bond donors (Lipinski definition) is 1. The van der Waals surface area contributed by atoms with Crippen molar-refractivity contribution >= 4 is 5.78 Å². The number of rotatable bonds is 1. The first-order valence-corrected chi connectivity index (χ1v) is 6.99. The number of Topliss-reactive ketones (excluding diaryl/α,β-unsaturated/α-hetero) is 1. The lowest BCUT2D eigenvalue weighted by molar-refractivity contribution is -0.116. The predicted molar refractivity (Wildman–Crippen MR) is 76.4 cm³/mol. The number of allylic oxidation sites excluding steroid dienone is 3. The summed E-state index contributed by atoms with van der Waals surface area (Å²) in [6.45, 7) is 3.91. The summed E-state index contributed by atoms with van der Waals surface area (Å²) in [7, 11) is 0. The number of carbonyl (C=O) groups is 1. The van der Waals surface area contributed by atoms with E-state index in [0.717, 1.165) is 18.5 Å². The van der Waals surface area contributed by atoms with Gasteiger partial charge in [-0.25, -0.2) is 4.39 Å². The smallest absolute Gasteiger partial charge is 0.161 e. The Morgan fingerprint density at radius 2 is 2.19 bits per heavy atom. The minimum Gasteiger partial charge on any atom is -0.361 e. The zero-order valence-corrected chi connectivity index (χ0v) is 11.5. The number of hydrogen-bond acceptors (Lipinski definition) is 3. The second-order valence-corrected chi connectivity index (χ2v) is 5.46. The molecule has 2 unspecified atom stereocenters. The Kier molecular flexibility index (Phi) is 3.34.